The molecule has 0 saturated carbocycles. The Bertz CT molecular complexity index is 1400. The van der Waals surface area contributed by atoms with Crippen LogP contribution in [0.25, 0.3) is 4.91 Å². The van der Waals surface area contributed by atoms with Gasteiger partial charge in [-0.05, 0) is 43.5 Å². The standard InChI is InChI=1S/C23H24N6O3S/c1-27-13-8-15-18(33(31,32)28-11-4-5-12-28)14-16-21-17(7-10-25-22(21)20(15)23(27)30)29(26-16)19-6-2-3-9-24-19/h2-3,6,8-9,13-14,17,26H,4-5,7,10-12H2,1H3. The maximum atomic E-state index is 13.8. The summed E-state index contributed by atoms with van der Waals surface area (Å²) in [6.45, 7) is 1.51. The Morgan fingerprint density at radius 1 is 1.15 bits per heavy atom. The molecule has 4 aliphatic rings. The van der Waals surface area contributed by atoms with Crippen LogP contribution in [0.2, 0.25) is 0 Å². The number of sulfonamides is 1. The van der Waals surface area contributed by atoms with Crippen molar-refractivity contribution in [2.24, 2.45) is 12.0 Å². The predicted octanol–water partition coefficient (Wildman–Crippen LogP) is 1.40. The third kappa shape index (κ3) is 3.01. The topological polar surface area (TPSA) is 99.9 Å². The van der Waals surface area contributed by atoms with Gasteiger partial charge < -0.3 is 4.57 Å². The molecule has 0 radical (unpaired) electrons. The molecule has 2 aromatic rings. The van der Waals surface area contributed by atoms with Crippen LogP contribution in [-0.4, -0.2) is 53.7 Å². The molecule has 6 rings (SSSR count). The van der Waals surface area contributed by atoms with Gasteiger partial charge in [0.05, 0.1) is 27.9 Å². The third-order valence-corrected chi connectivity index (χ3v) is 8.67. The summed E-state index contributed by atoms with van der Waals surface area (Å²) >= 11 is 0. The minimum atomic E-state index is -3.79. The first-order valence-corrected chi connectivity index (χ1v) is 12.6. The van der Waals surface area contributed by atoms with E-state index in [2.05, 4.69) is 10.4 Å². The number of aromatic nitrogens is 2. The molecule has 1 N–H and O–H groups in total. The molecule has 0 aromatic carbocycles. The van der Waals surface area contributed by atoms with Crippen LogP contribution >= 0.6 is 0 Å². The van der Waals surface area contributed by atoms with E-state index in [4.69, 9.17) is 4.99 Å². The number of anilines is 1. The molecule has 3 aliphatic heterocycles. The molecular weight excluding hydrogens is 440 g/mol. The van der Waals surface area contributed by atoms with Crippen molar-refractivity contribution < 1.29 is 8.42 Å². The number of hydrogen-bond acceptors (Lipinski definition) is 7. The van der Waals surface area contributed by atoms with Gasteiger partial charge in [-0.3, -0.25) is 20.2 Å². The van der Waals surface area contributed by atoms with E-state index >= 15 is 0 Å². The van der Waals surface area contributed by atoms with Gasteiger partial charge in [-0.2, -0.15) is 4.31 Å². The Labute approximate surface area is 191 Å². The highest BCUT2D eigenvalue weighted by atomic mass is 32.2. The lowest BCUT2D eigenvalue weighted by Gasteiger charge is -2.30. The zero-order valence-corrected chi connectivity index (χ0v) is 19.0. The highest BCUT2D eigenvalue weighted by Crippen LogP contribution is 2.40. The fourth-order valence-electron chi connectivity index (χ4n) is 5.11. The summed E-state index contributed by atoms with van der Waals surface area (Å²) in [6.07, 6.45) is 7.44. The van der Waals surface area contributed by atoms with Crippen LogP contribution < -0.4 is 16.0 Å². The number of fused-ring (bicyclic) bond motifs is 2. The summed E-state index contributed by atoms with van der Waals surface area (Å²) < 4.78 is 30.5. The zero-order valence-electron chi connectivity index (χ0n) is 18.2. The van der Waals surface area contributed by atoms with Gasteiger partial charge in [-0.25, -0.2) is 13.4 Å². The van der Waals surface area contributed by atoms with Crippen molar-refractivity contribution in [2.45, 2.75) is 25.3 Å². The molecule has 5 heterocycles. The second-order valence-electron chi connectivity index (χ2n) is 8.67. The second kappa shape index (κ2) is 7.39. The average Bonchev–Trinajstić information content (AvgIpc) is 3.46. The van der Waals surface area contributed by atoms with Crippen LogP contribution in [0.1, 0.15) is 30.4 Å². The molecule has 1 saturated heterocycles. The SMILES string of the molecule is Cn1ccc2c(c1=O)C1=NCCC3C1=C(C=C2S(=O)(=O)N1CCCC1)NN3c1ccccn1. The Morgan fingerprint density at radius 2 is 1.97 bits per heavy atom. The number of nitrogens with one attached hydrogen (secondary N) is 1. The summed E-state index contributed by atoms with van der Waals surface area (Å²) in [5, 5.41) is 1.95. The van der Waals surface area contributed by atoms with E-state index in [0.29, 0.717) is 42.2 Å². The lowest BCUT2D eigenvalue weighted by Crippen LogP contribution is -2.43. The maximum absolute atomic E-state index is 13.8. The highest BCUT2D eigenvalue weighted by Gasteiger charge is 2.43. The van der Waals surface area contributed by atoms with E-state index in [1.165, 1.54) is 8.87 Å². The van der Waals surface area contributed by atoms with Crippen molar-refractivity contribution in [2.75, 3.05) is 24.6 Å². The summed E-state index contributed by atoms with van der Waals surface area (Å²) in [6, 6.07) is 7.29. The first kappa shape index (κ1) is 20.4. The number of allylic oxidation sites excluding steroid dienone is 1. The average molecular weight is 465 g/mol. The van der Waals surface area contributed by atoms with E-state index in [0.717, 1.165) is 30.7 Å². The molecule has 10 heteroatoms. The number of hydrazine groups is 1. The highest BCUT2D eigenvalue weighted by molar-refractivity contribution is 7.98. The van der Waals surface area contributed by atoms with Gasteiger partial charge in [0.2, 0.25) is 10.0 Å². The molecule has 2 aromatic heterocycles. The Balaban J connectivity index is 1.60. The smallest absolute Gasteiger partial charge is 0.260 e. The number of pyridine rings is 2. The molecule has 1 aliphatic carbocycles. The summed E-state index contributed by atoms with van der Waals surface area (Å²) in [5.41, 5.74) is 5.99. The molecule has 0 bridgehead atoms. The molecule has 0 amide bonds. The fourth-order valence-corrected chi connectivity index (χ4v) is 6.84. The molecule has 9 nitrogen and oxygen atoms in total. The van der Waals surface area contributed by atoms with Crippen LogP contribution in [0.15, 0.2) is 63.8 Å². The Kier molecular flexibility index (Phi) is 4.56. The van der Waals surface area contributed by atoms with Crippen LogP contribution in [0.3, 0.4) is 0 Å². The molecule has 1 fully saturated rings. The zero-order chi connectivity index (χ0) is 22.7. The number of aliphatic imine (C=N–C) groups is 1. The monoisotopic (exact) mass is 464 g/mol. The third-order valence-electron chi connectivity index (χ3n) is 6.73. The number of nitrogens with zero attached hydrogens (tertiary/aromatic N) is 5. The van der Waals surface area contributed by atoms with Crippen molar-refractivity contribution in [3.05, 3.63) is 75.5 Å². The molecule has 1 unspecified atom stereocenters. The fraction of sp³-hybridized carbons (Fsp3) is 0.348. The van der Waals surface area contributed by atoms with Gasteiger partial charge in [0.1, 0.15) is 5.82 Å². The molecule has 0 spiro atoms. The first-order valence-electron chi connectivity index (χ1n) is 11.1. The number of aryl methyl sites for hydroxylation is 1. The first-order chi connectivity index (χ1) is 16.0. The van der Waals surface area contributed by atoms with Crippen molar-refractivity contribution in [3.8, 4) is 0 Å². The second-order valence-corrected chi connectivity index (χ2v) is 10.6. The van der Waals surface area contributed by atoms with Crippen molar-refractivity contribution in [1.29, 1.82) is 0 Å². The van der Waals surface area contributed by atoms with Gasteiger partial charge in [0.15, 0.2) is 0 Å². The number of rotatable bonds is 3. The molecule has 33 heavy (non-hydrogen) atoms. The van der Waals surface area contributed by atoms with E-state index in [9.17, 15) is 13.2 Å². The lowest BCUT2D eigenvalue weighted by atomic mass is 9.91. The van der Waals surface area contributed by atoms with Crippen LogP contribution in [0, 0.1) is 0 Å². The Morgan fingerprint density at radius 3 is 2.73 bits per heavy atom. The predicted molar refractivity (Wildman–Crippen MR) is 126 cm³/mol. The van der Waals surface area contributed by atoms with Gasteiger partial charge in [-0.15, -0.1) is 0 Å². The van der Waals surface area contributed by atoms with Crippen LogP contribution in [0.4, 0.5) is 5.82 Å². The lowest BCUT2D eigenvalue weighted by molar-refractivity contribution is 0.488. The van der Waals surface area contributed by atoms with Gasteiger partial charge in [0, 0.05) is 50.2 Å². The molecule has 1 atom stereocenters. The summed E-state index contributed by atoms with van der Waals surface area (Å²) in [5.74, 6) is 0.732. The molecule has 170 valence electrons. The van der Waals surface area contributed by atoms with E-state index < -0.39 is 10.0 Å². The molecular formula is C23H24N6O3S. The maximum Gasteiger partial charge on any atom is 0.260 e. The van der Waals surface area contributed by atoms with E-state index in [1.54, 1.807) is 31.6 Å². The summed E-state index contributed by atoms with van der Waals surface area (Å²) in [7, 11) is -2.12. The van der Waals surface area contributed by atoms with Crippen LogP contribution in [0.5, 0.6) is 0 Å². The van der Waals surface area contributed by atoms with Crippen molar-refractivity contribution >= 4 is 26.5 Å². The number of hydrogen-bond donors (Lipinski definition) is 1. The van der Waals surface area contributed by atoms with Crippen LogP contribution in [-0.2, 0) is 17.1 Å². The summed E-state index contributed by atoms with van der Waals surface area (Å²) in [4.78, 5) is 22.8. The van der Waals surface area contributed by atoms with Gasteiger partial charge in [0.25, 0.3) is 5.56 Å². The quantitative estimate of drug-likeness (QED) is 0.737. The van der Waals surface area contributed by atoms with E-state index in [-0.39, 0.29) is 16.5 Å². The van der Waals surface area contributed by atoms with Crippen molar-refractivity contribution in [3.63, 3.8) is 0 Å². The minimum Gasteiger partial charge on any atom is -0.318 e. The van der Waals surface area contributed by atoms with E-state index in [1.807, 2.05) is 23.2 Å². The van der Waals surface area contributed by atoms with Gasteiger partial charge >= 0.3 is 0 Å². The largest absolute Gasteiger partial charge is 0.318 e. The minimum absolute atomic E-state index is 0.106. The Hall–Kier alpha value is -3.24. The van der Waals surface area contributed by atoms with Crippen molar-refractivity contribution in [1.82, 2.24) is 19.3 Å². The van der Waals surface area contributed by atoms with Gasteiger partial charge in [-0.1, -0.05) is 6.07 Å². The normalized spacial score (nSPS) is 22.3.